The summed E-state index contributed by atoms with van der Waals surface area (Å²) in [6.45, 7) is 7.27. The van der Waals surface area contributed by atoms with Gasteiger partial charge >= 0.3 is 0 Å². The first-order valence-corrected chi connectivity index (χ1v) is 13.4. The van der Waals surface area contributed by atoms with E-state index in [1.54, 1.807) is 0 Å². The summed E-state index contributed by atoms with van der Waals surface area (Å²) in [5.74, 6) is 6.66. The average molecular weight is 404 g/mol. The molecule has 1 aliphatic rings. The van der Waals surface area contributed by atoms with E-state index in [0.29, 0.717) is 6.54 Å². The SMILES string of the molecule is CN(CC#C/C(=C1\C(=C\c2ccccc2)[C@@H](O)[C@H]1O)[Si](C)(C)C)c1ccccc1. The molecule has 0 unspecified atom stereocenters. The molecular weight excluding hydrogens is 374 g/mol. The molecule has 150 valence electrons. The number of allylic oxidation sites excluding steroid dienone is 1. The van der Waals surface area contributed by atoms with Crippen molar-refractivity contribution in [3.63, 3.8) is 0 Å². The minimum absolute atomic E-state index is 0.599. The molecule has 1 aliphatic carbocycles. The third-order valence-electron chi connectivity index (χ3n) is 5.09. The van der Waals surface area contributed by atoms with Gasteiger partial charge < -0.3 is 15.1 Å². The summed E-state index contributed by atoms with van der Waals surface area (Å²) in [5, 5.41) is 21.9. The van der Waals surface area contributed by atoms with Gasteiger partial charge in [-0.25, -0.2) is 0 Å². The van der Waals surface area contributed by atoms with Crippen molar-refractivity contribution in [3.8, 4) is 11.8 Å². The van der Waals surface area contributed by atoms with Crippen molar-refractivity contribution in [1.29, 1.82) is 0 Å². The number of benzene rings is 2. The van der Waals surface area contributed by atoms with Crippen molar-refractivity contribution in [2.24, 2.45) is 0 Å². The summed E-state index contributed by atoms with van der Waals surface area (Å²) in [4.78, 5) is 2.10. The van der Waals surface area contributed by atoms with Crippen LogP contribution in [0.4, 0.5) is 5.69 Å². The van der Waals surface area contributed by atoms with Gasteiger partial charge in [-0.2, -0.15) is 0 Å². The lowest BCUT2D eigenvalue weighted by molar-refractivity contribution is 0.0354. The highest BCUT2D eigenvalue weighted by Gasteiger charge is 2.42. The molecule has 3 nitrogen and oxygen atoms in total. The van der Waals surface area contributed by atoms with Crippen LogP contribution in [0.3, 0.4) is 0 Å². The Hall–Kier alpha value is -2.58. The zero-order chi connectivity index (χ0) is 21.0. The fourth-order valence-electron chi connectivity index (χ4n) is 3.43. The second-order valence-electron chi connectivity index (χ2n) is 8.43. The number of para-hydroxylation sites is 1. The molecule has 0 amide bonds. The molecule has 0 heterocycles. The Labute approximate surface area is 175 Å². The van der Waals surface area contributed by atoms with Crippen molar-refractivity contribution < 1.29 is 10.2 Å². The maximum Gasteiger partial charge on any atom is 0.110 e. The van der Waals surface area contributed by atoms with E-state index < -0.39 is 20.3 Å². The zero-order valence-corrected chi connectivity index (χ0v) is 18.6. The fourth-order valence-corrected chi connectivity index (χ4v) is 4.99. The predicted octanol–water partition coefficient (Wildman–Crippen LogP) is 4.12. The number of hydrogen-bond donors (Lipinski definition) is 2. The van der Waals surface area contributed by atoms with E-state index in [9.17, 15) is 10.2 Å². The second kappa shape index (κ2) is 8.83. The molecule has 3 rings (SSSR count). The lowest BCUT2D eigenvalue weighted by atomic mass is 9.78. The van der Waals surface area contributed by atoms with Crippen LogP contribution in [0.5, 0.6) is 0 Å². The number of anilines is 1. The molecule has 2 N–H and O–H groups in total. The largest absolute Gasteiger partial charge is 0.385 e. The molecule has 2 atom stereocenters. The quantitative estimate of drug-likeness (QED) is 0.596. The molecule has 0 spiro atoms. The van der Waals surface area contributed by atoms with Crippen LogP contribution in [0, 0.1) is 11.8 Å². The molecule has 0 bridgehead atoms. The van der Waals surface area contributed by atoms with Gasteiger partial charge in [-0.15, -0.1) is 0 Å². The normalized spacial score (nSPS) is 21.8. The van der Waals surface area contributed by atoms with Crippen LogP contribution in [0.15, 0.2) is 77.0 Å². The molecule has 29 heavy (non-hydrogen) atoms. The van der Waals surface area contributed by atoms with Gasteiger partial charge in [0, 0.05) is 12.7 Å². The van der Waals surface area contributed by atoms with E-state index in [0.717, 1.165) is 27.6 Å². The highest BCUT2D eigenvalue weighted by Crippen LogP contribution is 2.40. The number of rotatable bonds is 4. The van der Waals surface area contributed by atoms with Gasteiger partial charge in [0.15, 0.2) is 0 Å². The maximum absolute atomic E-state index is 10.5. The van der Waals surface area contributed by atoms with Crippen LogP contribution < -0.4 is 4.90 Å². The second-order valence-corrected chi connectivity index (χ2v) is 13.4. The Morgan fingerprint density at radius 3 is 2.14 bits per heavy atom. The molecule has 1 fully saturated rings. The fraction of sp³-hybridized carbons (Fsp3) is 0.280. The summed E-state index contributed by atoms with van der Waals surface area (Å²) in [5.41, 5.74) is 3.73. The Balaban J connectivity index is 1.93. The number of aliphatic hydroxyl groups is 2. The van der Waals surface area contributed by atoms with Gasteiger partial charge in [-0.1, -0.05) is 80.0 Å². The van der Waals surface area contributed by atoms with Crippen LogP contribution in [0.2, 0.25) is 19.6 Å². The summed E-state index contributed by atoms with van der Waals surface area (Å²) in [7, 11) is 0.196. The molecule has 1 saturated carbocycles. The van der Waals surface area contributed by atoms with Crippen molar-refractivity contribution >= 4 is 19.8 Å². The van der Waals surface area contributed by atoms with Gasteiger partial charge in [-0.05, 0) is 40.1 Å². The van der Waals surface area contributed by atoms with Crippen LogP contribution in [0.1, 0.15) is 5.56 Å². The van der Waals surface area contributed by atoms with E-state index in [2.05, 4.69) is 48.5 Å². The van der Waals surface area contributed by atoms with Crippen LogP contribution >= 0.6 is 0 Å². The number of hydrogen-bond acceptors (Lipinski definition) is 3. The van der Waals surface area contributed by atoms with E-state index in [1.807, 2.05) is 61.7 Å². The molecular formula is C25H29NO2Si. The van der Waals surface area contributed by atoms with E-state index in [-0.39, 0.29) is 0 Å². The van der Waals surface area contributed by atoms with Crippen molar-refractivity contribution in [3.05, 3.63) is 82.6 Å². The molecule has 2 aromatic rings. The summed E-state index contributed by atoms with van der Waals surface area (Å²) < 4.78 is 0. The molecule has 2 aromatic carbocycles. The maximum atomic E-state index is 10.5. The van der Waals surface area contributed by atoms with Gasteiger partial charge in [0.1, 0.15) is 12.2 Å². The minimum atomic E-state index is -1.83. The summed E-state index contributed by atoms with van der Waals surface area (Å²) in [6.07, 6.45) is 0.239. The number of nitrogens with zero attached hydrogens (tertiary/aromatic N) is 1. The first-order valence-electron chi connectivity index (χ1n) is 9.92. The molecule has 0 aromatic heterocycles. The monoisotopic (exact) mass is 403 g/mol. The van der Waals surface area contributed by atoms with E-state index >= 15 is 0 Å². The first kappa shape index (κ1) is 21.1. The Morgan fingerprint density at radius 2 is 1.55 bits per heavy atom. The Kier molecular flexibility index (Phi) is 6.44. The van der Waals surface area contributed by atoms with Crippen LogP contribution in [0.25, 0.3) is 6.08 Å². The van der Waals surface area contributed by atoms with Gasteiger partial charge in [0.2, 0.25) is 0 Å². The smallest absolute Gasteiger partial charge is 0.110 e. The predicted molar refractivity (Wildman–Crippen MR) is 124 cm³/mol. The van der Waals surface area contributed by atoms with E-state index in [1.165, 1.54) is 0 Å². The van der Waals surface area contributed by atoms with Crippen molar-refractivity contribution in [2.45, 2.75) is 31.8 Å². The third kappa shape index (κ3) is 4.88. The molecule has 0 radical (unpaired) electrons. The van der Waals surface area contributed by atoms with Crippen LogP contribution in [-0.2, 0) is 0 Å². The van der Waals surface area contributed by atoms with Crippen molar-refractivity contribution in [1.82, 2.24) is 0 Å². The van der Waals surface area contributed by atoms with Crippen molar-refractivity contribution in [2.75, 3.05) is 18.5 Å². The summed E-state index contributed by atoms with van der Waals surface area (Å²) in [6, 6.07) is 20.1. The lowest BCUT2D eigenvalue weighted by Crippen LogP contribution is -2.45. The highest BCUT2D eigenvalue weighted by molar-refractivity contribution is 6.84. The third-order valence-corrected chi connectivity index (χ3v) is 6.99. The standard InChI is InChI=1S/C25H29NO2Si/c1-26(20-14-9-6-10-15-20)17-11-16-22(29(2,3)4)23-21(24(27)25(23)28)18-19-12-7-5-8-13-19/h5-10,12-15,18,24-25,27-28H,17H2,1-4H3/b21-18-,23-22-/t24-,25+/m1/s1. The highest BCUT2D eigenvalue weighted by atomic mass is 28.3. The lowest BCUT2D eigenvalue weighted by Gasteiger charge is -2.39. The van der Waals surface area contributed by atoms with E-state index in [4.69, 9.17) is 0 Å². The summed E-state index contributed by atoms with van der Waals surface area (Å²) >= 11 is 0. The Morgan fingerprint density at radius 1 is 0.966 bits per heavy atom. The minimum Gasteiger partial charge on any atom is -0.385 e. The van der Waals surface area contributed by atoms with Gasteiger partial charge in [0.25, 0.3) is 0 Å². The zero-order valence-electron chi connectivity index (χ0n) is 17.6. The van der Waals surface area contributed by atoms with Crippen LogP contribution in [-0.4, -0.2) is 44.1 Å². The molecule has 0 aliphatic heterocycles. The average Bonchev–Trinajstić information content (AvgIpc) is 2.72. The first-order chi connectivity index (χ1) is 13.8. The van der Waals surface area contributed by atoms with Gasteiger partial charge in [-0.3, -0.25) is 0 Å². The van der Waals surface area contributed by atoms with Gasteiger partial charge in [0.05, 0.1) is 14.6 Å². The number of aliphatic hydroxyl groups excluding tert-OH is 2. The Bertz CT molecular complexity index is 963. The molecule has 4 heteroatoms. The topological polar surface area (TPSA) is 43.7 Å². The molecule has 0 saturated heterocycles.